The van der Waals surface area contributed by atoms with Crippen LogP contribution in [0.1, 0.15) is 22.5 Å². The number of rotatable bonds is 9. The van der Waals surface area contributed by atoms with Gasteiger partial charge in [0.1, 0.15) is 18.2 Å². The number of ether oxygens (including phenoxy) is 1. The molecule has 0 unspecified atom stereocenters. The van der Waals surface area contributed by atoms with Gasteiger partial charge in [0.2, 0.25) is 5.91 Å². The van der Waals surface area contributed by atoms with Gasteiger partial charge in [-0.3, -0.25) is 9.36 Å². The number of halogens is 1. The number of benzene rings is 2. The minimum absolute atomic E-state index is 0.143. The molecule has 0 atom stereocenters. The topological polar surface area (TPSA) is 69.0 Å². The summed E-state index contributed by atoms with van der Waals surface area (Å²) >= 11 is 1.27. The van der Waals surface area contributed by atoms with Crippen molar-refractivity contribution in [1.82, 2.24) is 14.8 Å². The quantitative estimate of drug-likeness (QED) is 0.381. The Morgan fingerprint density at radius 3 is 2.71 bits per heavy atom. The van der Waals surface area contributed by atoms with Crippen molar-refractivity contribution in [1.29, 1.82) is 0 Å². The number of nitrogens with zero attached hydrogens (tertiary/aromatic N) is 3. The summed E-state index contributed by atoms with van der Waals surface area (Å²) < 4.78 is 21.0. The van der Waals surface area contributed by atoms with E-state index in [9.17, 15) is 9.18 Å². The summed E-state index contributed by atoms with van der Waals surface area (Å²) in [4.78, 5) is 12.3. The summed E-state index contributed by atoms with van der Waals surface area (Å²) in [6, 6.07) is 10.3. The predicted octanol–water partition coefficient (Wildman–Crippen LogP) is 4.84. The van der Waals surface area contributed by atoms with Gasteiger partial charge in [-0.2, -0.15) is 0 Å². The molecule has 0 radical (unpaired) electrons. The first-order chi connectivity index (χ1) is 14.9. The number of hydrogen-bond donors (Lipinski definition) is 1. The number of hydrogen-bond acceptors (Lipinski definition) is 5. The van der Waals surface area contributed by atoms with E-state index >= 15 is 0 Å². The lowest BCUT2D eigenvalue weighted by atomic mass is 10.1. The molecule has 1 aromatic heterocycles. The average molecular weight is 441 g/mol. The lowest BCUT2D eigenvalue weighted by Gasteiger charge is -2.11. The molecule has 0 aliphatic rings. The molecule has 3 aromatic rings. The molecule has 162 valence electrons. The molecule has 0 saturated carbocycles. The van der Waals surface area contributed by atoms with Crippen LogP contribution in [0.25, 0.3) is 0 Å². The number of amides is 1. The molecule has 0 saturated heterocycles. The molecular formula is C23H25FN4O2S. The van der Waals surface area contributed by atoms with Gasteiger partial charge in [0, 0.05) is 12.2 Å². The van der Waals surface area contributed by atoms with Gasteiger partial charge >= 0.3 is 0 Å². The van der Waals surface area contributed by atoms with Crippen molar-refractivity contribution < 1.29 is 13.9 Å². The van der Waals surface area contributed by atoms with Crippen LogP contribution in [0.5, 0.6) is 5.75 Å². The van der Waals surface area contributed by atoms with Crippen molar-refractivity contribution in [2.24, 2.45) is 0 Å². The molecule has 1 heterocycles. The van der Waals surface area contributed by atoms with Crippen LogP contribution in [0, 0.1) is 26.6 Å². The molecule has 0 aliphatic heterocycles. The lowest BCUT2D eigenvalue weighted by molar-refractivity contribution is -0.113. The molecule has 0 aliphatic carbocycles. The van der Waals surface area contributed by atoms with Crippen LogP contribution in [0.4, 0.5) is 10.1 Å². The average Bonchev–Trinajstić information content (AvgIpc) is 3.10. The van der Waals surface area contributed by atoms with Gasteiger partial charge in [0.05, 0.1) is 5.75 Å². The zero-order chi connectivity index (χ0) is 22.4. The van der Waals surface area contributed by atoms with E-state index in [1.54, 1.807) is 19.1 Å². The predicted molar refractivity (Wildman–Crippen MR) is 121 cm³/mol. The third-order valence-corrected chi connectivity index (χ3v) is 5.55. The number of aryl methyl sites for hydroxylation is 3. The summed E-state index contributed by atoms with van der Waals surface area (Å²) in [6.07, 6.45) is 1.75. The summed E-state index contributed by atoms with van der Waals surface area (Å²) in [7, 11) is 0. The first-order valence-electron chi connectivity index (χ1n) is 9.79. The van der Waals surface area contributed by atoms with Crippen LogP contribution in [0.15, 0.2) is 54.2 Å². The number of carbonyl (C=O) groups excluding carboxylic acids is 1. The minimum atomic E-state index is -0.335. The Labute approximate surface area is 185 Å². The van der Waals surface area contributed by atoms with Crippen LogP contribution in [-0.4, -0.2) is 26.4 Å². The number of thioether (sulfide) groups is 1. The second-order valence-corrected chi connectivity index (χ2v) is 8.09. The smallest absolute Gasteiger partial charge is 0.234 e. The number of anilines is 1. The van der Waals surface area contributed by atoms with E-state index in [0.29, 0.717) is 28.8 Å². The van der Waals surface area contributed by atoms with E-state index in [1.807, 2.05) is 30.5 Å². The summed E-state index contributed by atoms with van der Waals surface area (Å²) in [5.41, 5.74) is 3.48. The summed E-state index contributed by atoms with van der Waals surface area (Å²) in [5, 5.41) is 11.8. The maximum absolute atomic E-state index is 13.2. The molecule has 1 amide bonds. The molecule has 1 N–H and O–H groups in total. The molecule has 6 nitrogen and oxygen atoms in total. The fourth-order valence-corrected chi connectivity index (χ4v) is 3.80. The largest absolute Gasteiger partial charge is 0.485 e. The number of aromatic nitrogens is 3. The Morgan fingerprint density at radius 1 is 1.19 bits per heavy atom. The molecule has 31 heavy (non-hydrogen) atoms. The first kappa shape index (κ1) is 22.6. The Balaban J connectivity index is 1.64. The van der Waals surface area contributed by atoms with Gasteiger partial charge in [-0.05, 0) is 56.2 Å². The highest BCUT2D eigenvalue weighted by atomic mass is 32.2. The van der Waals surface area contributed by atoms with Crippen molar-refractivity contribution in [3.05, 3.63) is 77.4 Å². The zero-order valence-electron chi connectivity index (χ0n) is 17.8. The van der Waals surface area contributed by atoms with E-state index in [2.05, 4.69) is 28.2 Å². The maximum Gasteiger partial charge on any atom is 0.234 e. The SMILES string of the molecule is C=CCn1c(COc2ccc(C)cc2C)nnc1SCC(=O)Nc1ccc(F)cc1C. The van der Waals surface area contributed by atoms with Crippen molar-refractivity contribution >= 4 is 23.4 Å². The molecule has 0 fully saturated rings. The number of allylic oxidation sites excluding steroid dienone is 1. The highest BCUT2D eigenvalue weighted by Gasteiger charge is 2.15. The van der Waals surface area contributed by atoms with Gasteiger partial charge < -0.3 is 10.1 Å². The highest BCUT2D eigenvalue weighted by molar-refractivity contribution is 7.99. The second kappa shape index (κ2) is 10.3. The van der Waals surface area contributed by atoms with E-state index in [-0.39, 0.29) is 24.1 Å². The maximum atomic E-state index is 13.2. The van der Waals surface area contributed by atoms with Gasteiger partial charge in [-0.15, -0.1) is 16.8 Å². The normalized spacial score (nSPS) is 10.7. The molecule has 3 rings (SSSR count). The molecule has 2 aromatic carbocycles. The van der Waals surface area contributed by atoms with Crippen LogP contribution in [0.3, 0.4) is 0 Å². The van der Waals surface area contributed by atoms with Gasteiger partial charge in [-0.1, -0.05) is 35.5 Å². The fourth-order valence-electron chi connectivity index (χ4n) is 3.03. The van der Waals surface area contributed by atoms with Crippen molar-refractivity contribution in [3.8, 4) is 5.75 Å². The number of carbonyl (C=O) groups is 1. The Bertz CT molecular complexity index is 1100. The van der Waals surface area contributed by atoms with Crippen molar-refractivity contribution in [3.63, 3.8) is 0 Å². The standard InChI is InChI=1S/C23H25FN4O2S/c1-5-10-28-21(13-30-20-9-6-15(2)11-17(20)4)26-27-23(28)31-14-22(29)25-19-8-7-18(24)12-16(19)3/h5-9,11-12H,1,10,13-14H2,2-4H3,(H,25,29). The highest BCUT2D eigenvalue weighted by Crippen LogP contribution is 2.22. The molecule has 0 bridgehead atoms. The van der Waals surface area contributed by atoms with Crippen LogP contribution in [0.2, 0.25) is 0 Å². The Morgan fingerprint density at radius 2 is 2.00 bits per heavy atom. The zero-order valence-corrected chi connectivity index (χ0v) is 18.6. The second-order valence-electron chi connectivity index (χ2n) is 7.15. The molecule has 8 heteroatoms. The van der Waals surface area contributed by atoms with Crippen molar-refractivity contribution in [2.45, 2.75) is 39.1 Å². The summed E-state index contributed by atoms with van der Waals surface area (Å²) in [6.45, 7) is 10.3. The third-order valence-electron chi connectivity index (χ3n) is 4.59. The molecule has 0 spiro atoms. The van der Waals surface area contributed by atoms with Gasteiger partial charge in [0.15, 0.2) is 11.0 Å². The van der Waals surface area contributed by atoms with E-state index < -0.39 is 0 Å². The van der Waals surface area contributed by atoms with E-state index in [0.717, 1.165) is 11.3 Å². The van der Waals surface area contributed by atoms with E-state index in [1.165, 1.54) is 29.5 Å². The van der Waals surface area contributed by atoms with Crippen LogP contribution >= 0.6 is 11.8 Å². The van der Waals surface area contributed by atoms with Crippen molar-refractivity contribution in [2.75, 3.05) is 11.1 Å². The third kappa shape index (κ3) is 5.95. The van der Waals surface area contributed by atoms with Gasteiger partial charge in [0.25, 0.3) is 0 Å². The lowest BCUT2D eigenvalue weighted by Crippen LogP contribution is -2.15. The Kier molecular flexibility index (Phi) is 7.46. The van der Waals surface area contributed by atoms with Gasteiger partial charge in [-0.25, -0.2) is 4.39 Å². The van der Waals surface area contributed by atoms with E-state index in [4.69, 9.17) is 4.74 Å². The fraction of sp³-hybridized carbons (Fsp3) is 0.261. The van der Waals surface area contributed by atoms with Crippen LogP contribution < -0.4 is 10.1 Å². The monoisotopic (exact) mass is 440 g/mol. The Hall–Kier alpha value is -3.13. The van der Waals surface area contributed by atoms with Crippen LogP contribution in [-0.2, 0) is 17.9 Å². The first-order valence-corrected chi connectivity index (χ1v) is 10.8. The summed E-state index contributed by atoms with van der Waals surface area (Å²) in [5.74, 6) is 1.04. The number of nitrogens with one attached hydrogen (secondary N) is 1. The molecular weight excluding hydrogens is 415 g/mol. The minimum Gasteiger partial charge on any atom is -0.485 e.